The van der Waals surface area contributed by atoms with Crippen LogP contribution in [0.5, 0.6) is 0 Å². The Balaban J connectivity index is 1.94. The molecule has 1 saturated carbocycles. The summed E-state index contributed by atoms with van der Waals surface area (Å²) >= 11 is 0. The molecule has 2 rings (SSSR count). The highest BCUT2D eigenvalue weighted by atomic mass is 19.3. The van der Waals surface area contributed by atoms with Crippen LogP contribution < -0.4 is 5.73 Å². The average Bonchev–Trinajstić information content (AvgIpc) is 2.77. The van der Waals surface area contributed by atoms with Crippen LogP contribution in [-0.4, -0.2) is 26.7 Å². The van der Waals surface area contributed by atoms with Crippen LogP contribution in [0.15, 0.2) is 6.33 Å². The summed E-state index contributed by atoms with van der Waals surface area (Å²) in [5.74, 6) is -1.48. The zero-order chi connectivity index (χ0) is 14.0. The van der Waals surface area contributed by atoms with Crippen LogP contribution in [0.3, 0.4) is 0 Å². The number of alkyl halides is 2. The third-order valence-electron chi connectivity index (χ3n) is 3.92. The Kier molecular flexibility index (Phi) is 4.18. The van der Waals surface area contributed by atoms with E-state index in [-0.39, 0.29) is 30.8 Å². The Hall–Kier alpha value is -1.04. The molecule has 19 heavy (non-hydrogen) atoms. The van der Waals surface area contributed by atoms with E-state index in [0.29, 0.717) is 19.3 Å². The normalized spacial score (nSPS) is 21.8. The van der Waals surface area contributed by atoms with Crippen LogP contribution in [0.25, 0.3) is 0 Å². The first kappa shape index (κ1) is 14.4. The molecule has 1 unspecified atom stereocenters. The van der Waals surface area contributed by atoms with Crippen LogP contribution in [0.2, 0.25) is 0 Å². The van der Waals surface area contributed by atoms with E-state index in [4.69, 9.17) is 5.73 Å². The first-order chi connectivity index (χ1) is 8.89. The fraction of sp³-hybridized carbons (Fsp3) is 0.846. The SMILES string of the molecule is CC(C)n1ncnc1CC(N)C1CCC(F)(F)CC1. The third-order valence-corrected chi connectivity index (χ3v) is 3.92. The van der Waals surface area contributed by atoms with E-state index in [9.17, 15) is 8.78 Å². The van der Waals surface area contributed by atoms with Crippen molar-refractivity contribution in [1.82, 2.24) is 14.8 Å². The van der Waals surface area contributed by atoms with Crippen LogP contribution >= 0.6 is 0 Å². The van der Waals surface area contributed by atoms with Crippen molar-refractivity contribution in [2.45, 2.75) is 64.0 Å². The first-order valence-corrected chi connectivity index (χ1v) is 6.91. The zero-order valence-corrected chi connectivity index (χ0v) is 11.5. The monoisotopic (exact) mass is 272 g/mol. The lowest BCUT2D eigenvalue weighted by atomic mass is 9.81. The first-order valence-electron chi connectivity index (χ1n) is 6.91. The van der Waals surface area contributed by atoms with Crippen molar-refractivity contribution in [3.63, 3.8) is 0 Å². The fourth-order valence-electron chi connectivity index (χ4n) is 2.72. The number of hydrogen-bond acceptors (Lipinski definition) is 3. The van der Waals surface area contributed by atoms with E-state index in [1.165, 1.54) is 6.33 Å². The summed E-state index contributed by atoms with van der Waals surface area (Å²) in [4.78, 5) is 4.22. The number of nitrogens with zero attached hydrogens (tertiary/aromatic N) is 3. The molecule has 108 valence electrons. The average molecular weight is 272 g/mol. The summed E-state index contributed by atoms with van der Waals surface area (Å²) in [5, 5.41) is 4.17. The van der Waals surface area contributed by atoms with Gasteiger partial charge < -0.3 is 5.73 Å². The summed E-state index contributed by atoms with van der Waals surface area (Å²) in [5.41, 5.74) is 6.17. The van der Waals surface area contributed by atoms with Crippen LogP contribution in [0.4, 0.5) is 8.78 Å². The molecular weight excluding hydrogens is 250 g/mol. The molecular formula is C13H22F2N4. The summed E-state index contributed by atoms with van der Waals surface area (Å²) in [6.45, 7) is 4.07. The molecule has 0 aliphatic heterocycles. The van der Waals surface area contributed by atoms with E-state index in [2.05, 4.69) is 10.1 Å². The summed E-state index contributed by atoms with van der Waals surface area (Å²) < 4.78 is 28.1. The lowest BCUT2D eigenvalue weighted by Crippen LogP contribution is -2.38. The van der Waals surface area contributed by atoms with Gasteiger partial charge in [-0.05, 0) is 32.6 Å². The molecule has 0 bridgehead atoms. The van der Waals surface area contributed by atoms with Crippen molar-refractivity contribution in [2.24, 2.45) is 11.7 Å². The topological polar surface area (TPSA) is 56.7 Å². The molecule has 1 aromatic rings. The van der Waals surface area contributed by atoms with E-state index in [1.54, 1.807) is 0 Å². The molecule has 0 aromatic carbocycles. The predicted molar refractivity (Wildman–Crippen MR) is 69.0 cm³/mol. The molecule has 0 radical (unpaired) electrons. The minimum absolute atomic E-state index is 0.0394. The highest BCUT2D eigenvalue weighted by Crippen LogP contribution is 2.37. The molecule has 6 heteroatoms. The van der Waals surface area contributed by atoms with Gasteiger partial charge in [0.2, 0.25) is 5.92 Å². The van der Waals surface area contributed by atoms with Gasteiger partial charge in [-0.25, -0.2) is 18.4 Å². The van der Waals surface area contributed by atoms with Crippen molar-refractivity contribution < 1.29 is 8.78 Å². The maximum Gasteiger partial charge on any atom is 0.248 e. The number of hydrogen-bond donors (Lipinski definition) is 1. The Morgan fingerprint density at radius 3 is 2.63 bits per heavy atom. The molecule has 1 aliphatic carbocycles. The van der Waals surface area contributed by atoms with Gasteiger partial charge >= 0.3 is 0 Å². The Bertz CT molecular complexity index is 407. The molecule has 0 amide bonds. The molecule has 0 spiro atoms. The Morgan fingerprint density at radius 2 is 2.05 bits per heavy atom. The van der Waals surface area contributed by atoms with E-state index in [1.807, 2.05) is 18.5 Å². The lowest BCUT2D eigenvalue weighted by Gasteiger charge is -2.31. The molecule has 0 saturated heterocycles. The molecule has 1 aromatic heterocycles. The van der Waals surface area contributed by atoms with Gasteiger partial charge in [-0.15, -0.1) is 0 Å². The number of halogens is 2. The van der Waals surface area contributed by atoms with E-state index in [0.717, 1.165) is 5.82 Å². The van der Waals surface area contributed by atoms with Crippen molar-refractivity contribution in [1.29, 1.82) is 0 Å². The number of rotatable bonds is 4. The molecule has 1 atom stereocenters. The molecule has 4 nitrogen and oxygen atoms in total. The minimum atomic E-state index is -2.49. The molecule has 2 N–H and O–H groups in total. The second-order valence-corrected chi connectivity index (χ2v) is 5.78. The highest BCUT2D eigenvalue weighted by molar-refractivity contribution is 4.94. The summed E-state index contributed by atoms with van der Waals surface area (Å²) in [6.07, 6.45) is 3.06. The van der Waals surface area contributed by atoms with Crippen LogP contribution in [-0.2, 0) is 6.42 Å². The number of nitrogens with two attached hydrogens (primary N) is 1. The second kappa shape index (κ2) is 5.53. The molecule has 1 aliphatic rings. The maximum atomic E-state index is 13.1. The highest BCUT2D eigenvalue weighted by Gasteiger charge is 2.37. The van der Waals surface area contributed by atoms with Gasteiger partial charge in [0.1, 0.15) is 12.2 Å². The third kappa shape index (κ3) is 3.49. The van der Waals surface area contributed by atoms with Gasteiger partial charge in [0.25, 0.3) is 0 Å². The summed E-state index contributed by atoms with van der Waals surface area (Å²) in [7, 11) is 0. The van der Waals surface area contributed by atoms with Crippen molar-refractivity contribution in [2.75, 3.05) is 0 Å². The van der Waals surface area contributed by atoms with Crippen molar-refractivity contribution >= 4 is 0 Å². The quantitative estimate of drug-likeness (QED) is 0.916. The van der Waals surface area contributed by atoms with E-state index < -0.39 is 5.92 Å². The molecule has 1 heterocycles. The summed E-state index contributed by atoms with van der Waals surface area (Å²) in [6, 6.07) is 0.123. The largest absolute Gasteiger partial charge is 0.327 e. The second-order valence-electron chi connectivity index (χ2n) is 5.78. The standard InChI is InChI=1S/C13H22F2N4/c1-9(2)19-12(17-8-18-19)7-11(16)10-3-5-13(14,15)6-4-10/h8-11H,3-7,16H2,1-2H3. The zero-order valence-electron chi connectivity index (χ0n) is 11.5. The number of aromatic nitrogens is 3. The Morgan fingerprint density at radius 1 is 1.42 bits per heavy atom. The Labute approximate surface area is 112 Å². The maximum absolute atomic E-state index is 13.1. The van der Waals surface area contributed by atoms with Crippen molar-refractivity contribution in [3.8, 4) is 0 Å². The van der Waals surface area contributed by atoms with Crippen molar-refractivity contribution in [3.05, 3.63) is 12.2 Å². The van der Waals surface area contributed by atoms with Gasteiger partial charge in [-0.1, -0.05) is 0 Å². The van der Waals surface area contributed by atoms with Gasteiger partial charge in [-0.3, -0.25) is 0 Å². The van der Waals surface area contributed by atoms with Gasteiger partial charge in [0.15, 0.2) is 0 Å². The van der Waals surface area contributed by atoms with E-state index >= 15 is 0 Å². The minimum Gasteiger partial charge on any atom is -0.327 e. The smallest absolute Gasteiger partial charge is 0.248 e. The van der Waals surface area contributed by atoms with Gasteiger partial charge in [-0.2, -0.15) is 5.10 Å². The van der Waals surface area contributed by atoms with Crippen LogP contribution in [0.1, 0.15) is 51.4 Å². The predicted octanol–water partition coefficient (Wildman–Crippen LogP) is 2.55. The van der Waals surface area contributed by atoms with Gasteiger partial charge in [0, 0.05) is 31.3 Å². The fourth-order valence-corrected chi connectivity index (χ4v) is 2.72. The lowest BCUT2D eigenvalue weighted by molar-refractivity contribution is -0.0482. The van der Waals surface area contributed by atoms with Gasteiger partial charge in [0.05, 0.1) is 0 Å². The molecule has 1 fully saturated rings. The van der Waals surface area contributed by atoms with Crippen LogP contribution in [0, 0.1) is 5.92 Å².